The number of nitrogens with zero attached hydrogens (tertiary/aromatic N) is 2. The van der Waals surface area contributed by atoms with E-state index in [9.17, 15) is 19.2 Å². The van der Waals surface area contributed by atoms with E-state index >= 15 is 0 Å². The minimum Gasteiger partial charge on any atom is -0.451 e. The van der Waals surface area contributed by atoms with Gasteiger partial charge in [-0.15, -0.1) is 0 Å². The third-order valence-electron chi connectivity index (χ3n) is 8.38. The van der Waals surface area contributed by atoms with Crippen LogP contribution >= 0.6 is 23.2 Å². The topological polar surface area (TPSA) is 93.6 Å². The molecule has 2 heterocycles. The van der Waals surface area contributed by atoms with E-state index in [2.05, 4.69) is 6.92 Å². The number of ketones is 1. The quantitative estimate of drug-likeness (QED) is 0.126. The first-order chi connectivity index (χ1) is 20.6. The van der Waals surface area contributed by atoms with Crippen LogP contribution in [0.1, 0.15) is 53.8 Å². The SMILES string of the molecule is CC1CCC2C(=O)N(c3ccc(-c4cc(C(=O)OC(C)C(=O)c5ccc(Cl)cc5)c5cc(Cl)ccc5n4)cc3)C(=O)C2C1. The molecule has 2 fully saturated rings. The number of amides is 2. The van der Waals surface area contributed by atoms with Crippen molar-refractivity contribution in [1.82, 2.24) is 4.98 Å². The highest BCUT2D eigenvalue weighted by molar-refractivity contribution is 6.31. The van der Waals surface area contributed by atoms with Gasteiger partial charge >= 0.3 is 5.97 Å². The Labute approximate surface area is 258 Å². The van der Waals surface area contributed by atoms with Crippen molar-refractivity contribution in [3.8, 4) is 11.3 Å². The number of halogens is 2. The highest BCUT2D eigenvalue weighted by Crippen LogP contribution is 2.42. The number of carbonyl (C=O) groups excluding carboxylic acids is 4. The standard InChI is InChI=1S/C34H28Cl2N2O5/c1-18-3-13-25-27(15-18)33(41)38(32(25)40)24-11-6-20(7-12-24)30-17-28(26-16-23(36)10-14-29(26)37-30)34(42)43-19(2)31(39)21-4-8-22(35)9-5-21/h4-12,14,16-19,25,27H,3,13,15H2,1-2H3. The van der Waals surface area contributed by atoms with Gasteiger partial charge in [-0.1, -0.05) is 42.3 Å². The molecule has 1 aliphatic heterocycles. The second kappa shape index (κ2) is 11.5. The molecular weight excluding hydrogens is 587 g/mol. The molecule has 1 aliphatic carbocycles. The van der Waals surface area contributed by atoms with Gasteiger partial charge in [0.05, 0.1) is 34.3 Å². The van der Waals surface area contributed by atoms with Crippen LogP contribution in [0.3, 0.4) is 0 Å². The molecule has 9 heteroatoms. The van der Waals surface area contributed by atoms with Crippen LogP contribution < -0.4 is 4.90 Å². The van der Waals surface area contributed by atoms with E-state index in [4.69, 9.17) is 32.9 Å². The molecule has 1 saturated carbocycles. The molecule has 43 heavy (non-hydrogen) atoms. The fraction of sp³-hybridized carbons (Fsp3) is 0.265. The van der Waals surface area contributed by atoms with E-state index in [0.717, 1.165) is 19.3 Å². The first kappa shape index (κ1) is 29.0. The molecule has 1 aromatic heterocycles. The highest BCUT2D eigenvalue weighted by atomic mass is 35.5. The van der Waals surface area contributed by atoms with Crippen LogP contribution in [0.25, 0.3) is 22.2 Å². The zero-order valence-corrected chi connectivity index (χ0v) is 25.1. The summed E-state index contributed by atoms with van der Waals surface area (Å²) in [6.45, 7) is 3.64. The summed E-state index contributed by atoms with van der Waals surface area (Å²) in [4.78, 5) is 58.7. The maximum absolute atomic E-state index is 13.5. The number of pyridine rings is 1. The van der Waals surface area contributed by atoms with Gasteiger partial charge in [-0.2, -0.15) is 0 Å². The zero-order valence-electron chi connectivity index (χ0n) is 23.6. The van der Waals surface area contributed by atoms with Gasteiger partial charge in [0.25, 0.3) is 0 Å². The number of rotatable bonds is 6. The largest absolute Gasteiger partial charge is 0.451 e. The Balaban J connectivity index is 1.29. The minimum absolute atomic E-state index is 0.136. The molecule has 0 bridgehead atoms. The molecule has 218 valence electrons. The number of fused-ring (bicyclic) bond motifs is 2. The van der Waals surface area contributed by atoms with Crippen LogP contribution in [0.4, 0.5) is 5.69 Å². The Bertz CT molecular complexity index is 1770. The Morgan fingerprint density at radius 2 is 1.56 bits per heavy atom. The second-order valence-electron chi connectivity index (χ2n) is 11.3. The van der Waals surface area contributed by atoms with E-state index in [1.165, 1.54) is 11.8 Å². The number of ether oxygens (including phenoxy) is 1. The van der Waals surface area contributed by atoms with Gasteiger partial charge in [0.1, 0.15) is 0 Å². The molecule has 3 aromatic carbocycles. The van der Waals surface area contributed by atoms with Crippen molar-refractivity contribution in [2.45, 2.75) is 39.2 Å². The first-order valence-corrected chi connectivity index (χ1v) is 15.0. The van der Waals surface area contributed by atoms with Crippen molar-refractivity contribution < 1.29 is 23.9 Å². The van der Waals surface area contributed by atoms with Gasteiger partial charge in [0, 0.05) is 26.6 Å². The average Bonchev–Trinajstić information content (AvgIpc) is 3.25. The predicted octanol–water partition coefficient (Wildman–Crippen LogP) is 7.56. The van der Waals surface area contributed by atoms with E-state index in [0.29, 0.717) is 49.4 Å². The third kappa shape index (κ3) is 5.55. The van der Waals surface area contributed by atoms with E-state index in [1.54, 1.807) is 72.8 Å². The van der Waals surface area contributed by atoms with Crippen LogP contribution in [0.15, 0.2) is 72.8 Å². The second-order valence-corrected chi connectivity index (χ2v) is 12.2. The van der Waals surface area contributed by atoms with Crippen LogP contribution in [-0.4, -0.2) is 34.7 Å². The maximum Gasteiger partial charge on any atom is 0.339 e. The Kier molecular flexibility index (Phi) is 7.79. The molecule has 4 atom stereocenters. The number of hydrogen-bond acceptors (Lipinski definition) is 6. The van der Waals surface area contributed by atoms with Gasteiger partial charge in [-0.3, -0.25) is 19.3 Å². The fourth-order valence-corrected chi connectivity index (χ4v) is 6.36. The minimum atomic E-state index is -1.05. The number of aromatic nitrogens is 1. The number of benzene rings is 3. The van der Waals surface area contributed by atoms with E-state index in [-0.39, 0.29) is 35.0 Å². The molecule has 4 unspecified atom stereocenters. The lowest BCUT2D eigenvalue weighted by atomic mass is 9.76. The third-order valence-corrected chi connectivity index (χ3v) is 8.87. The van der Waals surface area contributed by atoms with Crippen molar-refractivity contribution in [1.29, 1.82) is 0 Å². The maximum atomic E-state index is 13.5. The summed E-state index contributed by atoms with van der Waals surface area (Å²) < 4.78 is 5.61. The first-order valence-electron chi connectivity index (χ1n) is 14.2. The summed E-state index contributed by atoms with van der Waals surface area (Å²) in [6, 6.07) is 20.0. The lowest BCUT2D eigenvalue weighted by Crippen LogP contribution is -2.30. The van der Waals surface area contributed by atoms with Gasteiger partial charge in [0.2, 0.25) is 17.6 Å². The fourth-order valence-electron chi connectivity index (χ4n) is 6.07. The van der Waals surface area contributed by atoms with Crippen molar-refractivity contribution in [2.75, 3.05) is 4.90 Å². The Hall–Kier alpha value is -4.07. The highest BCUT2D eigenvalue weighted by Gasteiger charge is 2.49. The molecular formula is C34H28Cl2N2O5. The van der Waals surface area contributed by atoms with E-state index in [1.807, 2.05) is 0 Å². The number of carbonyl (C=O) groups is 4. The van der Waals surface area contributed by atoms with E-state index < -0.39 is 12.1 Å². The monoisotopic (exact) mass is 614 g/mol. The summed E-state index contributed by atoms with van der Waals surface area (Å²) in [6.07, 6.45) is 1.36. The number of anilines is 1. The number of Topliss-reactive ketones (excluding diaryl/α,β-unsaturated/α-hetero) is 1. The van der Waals surface area contributed by atoms with Crippen LogP contribution in [0.2, 0.25) is 10.0 Å². The summed E-state index contributed by atoms with van der Waals surface area (Å²) in [7, 11) is 0. The smallest absolute Gasteiger partial charge is 0.339 e. The van der Waals surface area contributed by atoms with Crippen molar-refractivity contribution >= 4 is 63.4 Å². The lowest BCUT2D eigenvalue weighted by Gasteiger charge is -2.25. The lowest BCUT2D eigenvalue weighted by molar-refractivity contribution is -0.122. The molecule has 0 radical (unpaired) electrons. The van der Waals surface area contributed by atoms with Crippen LogP contribution in [0.5, 0.6) is 0 Å². The Morgan fingerprint density at radius 3 is 2.28 bits per heavy atom. The molecule has 0 spiro atoms. The summed E-state index contributed by atoms with van der Waals surface area (Å²) in [5.74, 6) is -1.42. The molecule has 1 saturated heterocycles. The van der Waals surface area contributed by atoms with Crippen molar-refractivity contribution in [2.24, 2.45) is 17.8 Å². The molecule has 4 aromatic rings. The number of esters is 1. The van der Waals surface area contributed by atoms with Crippen LogP contribution in [0, 0.1) is 17.8 Å². The summed E-state index contributed by atoms with van der Waals surface area (Å²) in [5, 5.41) is 1.39. The van der Waals surface area contributed by atoms with Crippen molar-refractivity contribution in [3.63, 3.8) is 0 Å². The predicted molar refractivity (Wildman–Crippen MR) is 165 cm³/mol. The molecule has 7 nitrogen and oxygen atoms in total. The molecule has 0 N–H and O–H groups in total. The average molecular weight is 616 g/mol. The molecule has 6 rings (SSSR count). The molecule has 2 amide bonds. The molecule has 2 aliphatic rings. The summed E-state index contributed by atoms with van der Waals surface area (Å²) >= 11 is 12.2. The van der Waals surface area contributed by atoms with Gasteiger partial charge in [-0.25, -0.2) is 9.78 Å². The van der Waals surface area contributed by atoms with Gasteiger partial charge in [0.15, 0.2) is 6.10 Å². The number of imide groups is 1. The van der Waals surface area contributed by atoms with Gasteiger partial charge in [-0.05, 0) is 92.8 Å². The Morgan fingerprint density at radius 1 is 0.884 bits per heavy atom. The number of hydrogen-bond donors (Lipinski definition) is 0. The normalized spacial score (nSPS) is 20.7. The summed E-state index contributed by atoms with van der Waals surface area (Å²) in [5.41, 5.74) is 2.75. The van der Waals surface area contributed by atoms with Gasteiger partial charge < -0.3 is 4.74 Å². The van der Waals surface area contributed by atoms with Crippen LogP contribution in [-0.2, 0) is 14.3 Å². The van der Waals surface area contributed by atoms with Crippen molar-refractivity contribution in [3.05, 3.63) is 94.0 Å². The zero-order chi connectivity index (χ0) is 30.4.